The quantitative estimate of drug-likeness (QED) is 0.679. The van der Waals surface area contributed by atoms with Crippen LogP contribution in [0.25, 0.3) is 11.3 Å². The van der Waals surface area contributed by atoms with E-state index in [1.54, 1.807) is 18.2 Å². The molecule has 1 heterocycles. The number of hydrogen-bond donors (Lipinski definition) is 1. The van der Waals surface area contributed by atoms with E-state index < -0.39 is 18.5 Å². The third-order valence-corrected chi connectivity index (χ3v) is 4.34. The Morgan fingerprint density at radius 3 is 2.56 bits per heavy atom. The molecule has 0 spiro atoms. The van der Waals surface area contributed by atoms with Crippen molar-refractivity contribution in [3.8, 4) is 11.3 Å². The molecule has 0 radical (unpaired) electrons. The van der Waals surface area contributed by atoms with Crippen molar-refractivity contribution < 1.29 is 14.3 Å². The molecule has 0 unspecified atom stereocenters. The zero-order valence-electron chi connectivity index (χ0n) is 12.9. The molecule has 0 saturated carbocycles. The Morgan fingerprint density at radius 2 is 1.80 bits per heavy atom. The van der Waals surface area contributed by atoms with Gasteiger partial charge in [-0.15, -0.1) is 11.3 Å². The molecule has 0 aliphatic heterocycles. The second-order valence-corrected chi connectivity index (χ2v) is 6.27. The van der Waals surface area contributed by atoms with E-state index in [4.69, 9.17) is 16.3 Å². The average Bonchev–Trinajstić information content (AvgIpc) is 3.09. The van der Waals surface area contributed by atoms with Crippen LogP contribution in [0, 0.1) is 0 Å². The number of carbonyl (C=O) groups excluding carboxylic acids is 2. The number of esters is 1. The molecular weight excluding hydrogens is 360 g/mol. The summed E-state index contributed by atoms with van der Waals surface area (Å²) in [6, 6.07) is 16.1. The average molecular weight is 373 g/mol. The first-order chi connectivity index (χ1) is 12.1. The third kappa shape index (κ3) is 4.43. The molecule has 1 aromatic heterocycles. The minimum atomic E-state index is -0.648. The Labute approximate surface area is 153 Å². The minimum Gasteiger partial charge on any atom is -0.452 e. The molecule has 3 rings (SSSR count). The van der Waals surface area contributed by atoms with Gasteiger partial charge in [-0.3, -0.25) is 10.1 Å². The van der Waals surface area contributed by atoms with E-state index in [2.05, 4.69) is 10.3 Å². The first-order valence-corrected chi connectivity index (χ1v) is 8.61. The molecule has 25 heavy (non-hydrogen) atoms. The van der Waals surface area contributed by atoms with Crippen molar-refractivity contribution in [2.75, 3.05) is 11.9 Å². The van der Waals surface area contributed by atoms with E-state index in [-0.39, 0.29) is 10.6 Å². The van der Waals surface area contributed by atoms with Gasteiger partial charge in [-0.25, -0.2) is 9.78 Å². The number of aromatic nitrogens is 1. The first-order valence-electron chi connectivity index (χ1n) is 7.36. The summed E-state index contributed by atoms with van der Waals surface area (Å²) >= 11 is 7.22. The first kappa shape index (κ1) is 17.1. The van der Waals surface area contributed by atoms with Crippen LogP contribution in [-0.4, -0.2) is 23.5 Å². The largest absolute Gasteiger partial charge is 0.452 e. The summed E-state index contributed by atoms with van der Waals surface area (Å²) in [5.41, 5.74) is 1.95. The van der Waals surface area contributed by atoms with Gasteiger partial charge in [0.2, 0.25) is 0 Å². The number of ether oxygens (including phenoxy) is 1. The lowest BCUT2D eigenvalue weighted by Gasteiger charge is -2.05. The van der Waals surface area contributed by atoms with E-state index in [0.717, 1.165) is 11.3 Å². The Hall–Kier alpha value is -2.70. The van der Waals surface area contributed by atoms with Gasteiger partial charge in [0.25, 0.3) is 5.91 Å². The van der Waals surface area contributed by atoms with Gasteiger partial charge in [0.1, 0.15) is 0 Å². The lowest BCUT2D eigenvalue weighted by Crippen LogP contribution is -2.21. The lowest BCUT2D eigenvalue weighted by molar-refractivity contribution is -0.119. The molecule has 0 aliphatic carbocycles. The molecule has 1 N–H and O–H groups in total. The summed E-state index contributed by atoms with van der Waals surface area (Å²) in [5.74, 6) is -1.11. The molecule has 126 valence electrons. The maximum atomic E-state index is 11.9. The predicted molar refractivity (Wildman–Crippen MR) is 97.9 cm³/mol. The second-order valence-electron chi connectivity index (χ2n) is 5.01. The number of rotatable bonds is 5. The van der Waals surface area contributed by atoms with Crippen molar-refractivity contribution in [3.05, 3.63) is 70.6 Å². The van der Waals surface area contributed by atoms with Crippen molar-refractivity contribution >= 4 is 39.9 Å². The van der Waals surface area contributed by atoms with E-state index in [1.807, 2.05) is 35.7 Å². The van der Waals surface area contributed by atoms with Crippen LogP contribution in [-0.2, 0) is 9.53 Å². The highest BCUT2D eigenvalue weighted by molar-refractivity contribution is 7.14. The normalized spacial score (nSPS) is 10.3. The van der Waals surface area contributed by atoms with Crippen LogP contribution in [0.3, 0.4) is 0 Å². The zero-order valence-corrected chi connectivity index (χ0v) is 14.5. The molecule has 0 atom stereocenters. The molecular formula is C18H13ClN2O3S. The van der Waals surface area contributed by atoms with Gasteiger partial charge in [-0.05, 0) is 12.1 Å². The van der Waals surface area contributed by atoms with Gasteiger partial charge in [-0.2, -0.15) is 0 Å². The maximum Gasteiger partial charge on any atom is 0.340 e. The number of benzene rings is 2. The fourth-order valence-corrected chi connectivity index (χ4v) is 3.01. The standard InChI is InChI=1S/C18H13ClN2O3S/c19-14-9-5-4-8-13(14)17(23)24-10-16(22)21-18-20-15(11-25-18)12-6-2-1-3-7-12/h1-9,11H,10H2,(H,20,21,22). The molecule has 7 heteroatoms. The highest BCUT2D eigenvalue weighted by Crippen LogP contribution is 2.24. The maximum absolute atomic E-state index is 11.9. The number of hydrogen-bond acceptors (Lipinski definition) is 5. The molecule has 5 nitrogen and oxygen atoms in total. The summed E-state index contributed by atoms with van der Waals surface area (Å²) in [6.45, 7) is -0.412. The van der Waals surface area contributed by atoms with Gasteiger partial charge in [0.15, 0.2) is 11.7 Å². The molecule has 0 aliphatic rings. The number of carbonyl (C=O) groups is 2. The Balaban J connectivity index is 1.56. The monoisotopic (exact) mass is 372 g/mol. The van der Waals surface area contributed by atoms with Crippen LogP contribution in [0.4, 0.5) is 5.13 Å². The number of halogens is 1. The van der Waals surface area contributed by atoms with Crippen molar-refractivity contribution in [1.29, 1.82) is 0 Å². The zero-order chi connectivity index (χ0) is 17.6. The highest BCUT2D eigenvalue weighted by Gasteiger charge is 2.14. The Kier molecular flexibility index (Phi) is 5.42. The molecule has 1 amide bonds. The molecule has 0 saturated heterocycles. The molecule has 2 aromatic carbocycles. The van der Waals surface area contributed by atoms with Gasteiger partial charge >= 0.3 is 5.97 Å². The third-order valence-electron chi connectivity index (χ3n) is 3.25. The SMILES string of the molecule is O=C(COC(=O)c1ccccc1Cl)Nc1nc(-c2ccccc2)cs1. The summed E-state index contributed by atoms with van der Waals surface area (Å²) in [5, 5.41) is 5.18. The Morgan fingerprint density at radius 1 is 1.08 bits per heavy atom. The van der Waals surface area contributed by atoms with Crippen molar-refractivity contribution in [2.45, 2.75) is 0 Å². The minimum absolute atomic E-state index is 0.220. The highest BCUT2D eigenvalue weighted by atomic mass is 35.5. The van der Waals surface area contributed by atoms with Gasteiger partial charge in [0, 0.05) is 10.9 Å². The predicted octanol–water partition coefficient (Wildman–Crippen LogP) is 4.26. The molecule has 0 bridgehead atoms. The number of thiazole rings is 1. The van der Waals surface area contributed by atoms with Crippen molar-refractivity contribution in [3.63, 3.8) is 0 Å². The van der Waals surface area contributed by atoms with E-state index in [1.165, 1.54) is 17.4 Å². The van der Waals surface area contributed by atoms with E-state index >= 15 is 0 Å². The summed E-state index contributed by atoms with van der Waals surface area (Å²) in [7, 11) is 0. The number of nitrogens with zero attached hydrogens (tertiary/aromatic N) is 1. The number of anilines is 1. The van der Waals surface area contributed by atoms with Crippen LogP contribution in [0.5, 0.6) is 0 Å². The van der Waals surface area contributed by atoms with Gasteiger partial charge < -0.3 is 4.74 Å². The summed E-state index contributed by atoms with van der Waals surface area (Å²) in [4.78, 5) is 28.2. The van der Waals surface area contributed by atoms with Crippen LogP contribution in [0.15, 0.2) is 60.0 Å². The fraction of sp³-hybridized carbons (Fsp3) is 0.0556. The Bertz CT molecular complexity index is 896. The van der Waals surface area contributed by atoms with Crippen molar-refractivity contribution in [2.24, 2.45) is 0 Å². The summed E-state index contributed by atoms with van der Waals surface area (Å²) < 4.78 is 4.98. The smallest absolute Gasteiger partial charge is 0.340 e. The van der Waals surface area contributed by atoms with Crippen LogP contribution in [0.1, 0.15) is 10.4 Å². The van der Waals surface area contributed by atoms with Crippen LogP contribution < -0.4 is 5.32 Å². The van der Waals surface area contributed by atoms with Gasteiger partial charge in [-0.1, -0.05) is 54.1 Å². The van der Waals surface area contributed by atoms with E-state index in [9.17, 15) is 9.59 Å². The van der Waals surface area contributed by atoms with Crippen LogP contribution >= 0.6 is 22.9 Å². The topological polar surface area (TPSA) is 68.3 Å². The van der Waals surface area contributed by atoms with Crippen LogP contribution in [0.2, 0.25) is 5.02 Å². The fourth-order valence-electron chi connectivity index (χ4n) is 2.06. The van der Waals surface area contributed by atoms with E-state index in [0.29, 0.717) is 5.13 Å². The number of nitrogens with one attached hydrogen (secondary N) is 1. The molecule has 3 aromatic rings. The second kappa shape index (κ2) is 7.92. The number of amides is 1. The molecule has 0 fully saturated rings. The summed E-state index contributed by atoms with van der Waals surface area (Å²) in [6.07, 6.45) is 0. The lowest BCUT2D eigenvalue weighted by atomic mass is 10.2. The van der Waals surface area contributed by atoms with Crippen molar-refractivity contribution in [1.82, 2.24) is 4.98 Å². The van der Waals surface area contributed by atoms with Gasteiger partial charge in [0.05, 0.1) is 16.3 Å².